The van der Waals surface area contributed by atoms with Crippen molar-refractivity contribution in [3.63, 3.8) is 0 Å². The Labute approximate surface area is 290 Å². The number of ether oxygens (including phenoxy) is 2. The average Bonchev–Trinajstić information content (AvgIpc) is 3.06. The predicted octanol–water partition coefficient (Wildman–Crippen LogP) is 11.8. The number of hydrogen-bond acceptors (Lipinski definition) is 5. The fourth-order valence-corrected chi connectivity index (χ4v) is 5.91. The second-order valence-electron chi connectivity index (χ2n) is 13.6. The first-order valence-electron chi connectivity index (χ1n) is 19.7. The zero-order chi connectivity index (χ0) is 34.0. The summed E-state index contributed by atoms with van der Waals surface area (Å²) in [5, 5.41) is 0. The summed E-state index contributed by atoms with van der Waals surface area (Å²) in [4.78, 5) is 27.4. The van der Waals surface area contributed by atoms with Crippen molar-refractivity contribution in [2.45, 2.75) is 187 Å². The Bertz CT molecular complexity index is 861. The van der Waals surface area contributed by atoms with Crippen LogP contribution in [0.5, 0.6) is 0 Å². The number of allylic oxidation sites excluding steroid dienone is 8. The molecule has 0 aromatic rings. The van der Waals surface area contributed by atoms with Crippen molar-refractivity contribution >= 4 is 11.9 Å². The minimum atomic E-state index is -0.368. The molecule has 1 heterocycles. The number of likely N-dealkylation sites (N-methyl/N-ethyl adjacent to an activating group) is 1. The van der Waals surface area contributed by atoms with Crippen LogP contribution in [-0.2, 0) is 19.1 Å². The highest BCUT2D eigenvalue weighted by molar-refractivity contribution is 5.70. The van der Waals surface area contributed by atoms with Crippen LogP contribution >= 0.6 is 0 Å². The van der Waals surface area contributed by atoms with E-state index in [2.05, 4.69) is 67.4 Å². The standard InChI is InChI=1S/C42H73NO4/c1-4-6-8-10-12-14-16-18-20-22-24-26-28-30-32-34-41(44)46-39-36-37-43(3)38-40(39)47-42(45)35-33-31-29-27-25-23-21-19-17-15-13-11-9-7-5-2/h12-15,18-21,39-40H,4-11,16-17,22-38H2,1-3H3/b14-12-,15-13-,20-18-,21-19-/t39-,40-/m1/s1. The predicted molar refractivity (Wildman–Crippen MR) is 201 cm³/mol. The Kier molecular flexibility index (Phi) is 29.6. The van der Waals surface area contributed by atoms with Gasteiger partial charge in [-0.1, -0.05) is 127 Å². The Morgan fingerprint density at radius 3 is 1.36 bits per heavy atom. The minimum Gasteiger partial charge on any atom is -0.458 e. The van der Waals surface area contributed by atoms with Crippen LogP contribution in [0.4, 0.5) is 0 Å². The van der Waals surface area contributed by atoms with E-state index in [1.165, 1.54) is 77.0 Å². The molecular weight excluding hydrogens is 582 g/mol. The molecule has 1 saturated heterocycles. The number of carbonyl (C=O) groups excluding carboxylic acids is 2. The van der Waals surface area contributed by atoms with Gasteiger partial charge in [0.2, 0.25) is 0 Å². The quantitative estimate of drug-likeness (QED) is 0.0438. The van der Waals surface area contributed by atoms with Gasteiger partial charge in [-0.2, -0.15) is 0 Å². The Balaban J connectivity index is 2.09. The maximum Gasteiger partial charge on any atom is 0.306 e. The van der Waals surface area contributed by atoms with Crippen LogP contribution in [0.25, 0.3) is 0 Å². The van der Waals surface area contributed by atoms with Crippen LogP contribution in [0.1, 0.15) is 174 Å². The van der Waals surface area contributed by atoms with Crippen molar-refractivity contribution in [1.82, 2.24) is 4.90 Å². The van der Waals surface area contributed by atoms with Gasteiger partial charge >= 0.3 is 11.9 Å². The average molecular weight is 656 g/mol. The summed E-state index contributed by atoms with van der Waals surface area (Å²) < 4.78 is 11.7. The molecule has 5 heteroatoms. The summed E-state index contributed by atoms with van der Waals surface area (Å²) in [5.74, 6) is -0.314. The van der Waals surface area contributed by atoms with E-state index < -0.39 is 0 Å². The van der Waals surface area contributed by atoms with Gasteiger partial charge in [-0.15, -0.1) is 0 Å². The van der Waals surface area contributed by atoms with Gasteiger partial charge in [0.15, 0.2) is 6.10 Å². The maximum atomic E-state index is 12.6. The van der Waals surface area contributed by atoms with Crippen LogP contribution in [0.3, 0.4) is 0 Å². The van der Waals surface area contributed by atoms with E-state index in [0.717, 1.165) is 70.8 Å². The van der Waals surface area contributed by atoms with Crippen LogP contribution in [0.15, 0.2) is 48.6 Å². The molecule has 270 valence electrons. The summed E-state index contributed by atoms with van der Waals surface area (Å²) in [5.41, 5.74) is 0. The molecule has 5 nitrogen and oxygen atoms in total. The summed E-state index contributed by atoms with van der Waals surface area (Å²) in [7, 11) is 2.03. The molecule has 0 aromatic heterocycles. The molecule has 2 atom stereocenters. The number of esters is 2. The molecule has 47 heavy (non-hydrogen) atoms. The van der Waals surface area contributed by atoms with E-state index in [0.29, 0.717) is 25.8 Å². The molecule has 0 unspecified atom stereocenters. The molecule has 1 fully saturated rings. The Morgan fingerprint density at radius 2 is 0.915 bits per heavy atom. The highest BCUT2D eigenvalue weighted by Gasteiger charge is 2.33. The first-order valence-corrected chi connectivity index (χ1v) is 19.7. The third kappa shape index (κ3) is 27.5. The van der Waals surface area contributed by atoms with Crippen LogP contribution in [-0.4, -0.2) is 49.2 Å². The molecule has 0 amide bonds. The third-order valence-electron chi connectivity index (χ3n) is 8.93. The number of hydrogen-bond donors (Lipinski definition) is 0. The monoisotopic (exact) mass is 656 g/mol. The lowest BCUT2D eigenvalue weighted by Crippen LogP contribution is -2.49. The van der Waals surface area contributed by atoms with Gasteiger partial charge in [0.25, 0.3) is 0 Å². The van der Waals surface area contributed by atoms with Crippen molar-refractivity contribution in [3.8, 4) is 0 Å². The second-order valence-corrected chi connectivity index (χ2v) is 13.6. The first kappa shape index (κ1) is 42.9. The summed E-state index contributed by atoms with van der Waals surface area (Å²) in [6, 6.07) is 0. The van der Waals surface area contributed by atoms with Crippen LogP contribution < -0.4 is 0 Å². The first-order chi connectivity index (χ1) is 23.1. The lowest BCUT2D eigenvalue weighted by Gasteiger charge is -2.35. The van der Waals surface area contributed by atoms with Crippen LogP contribution in [0.2, 0.25) is 0 Å². The molecule has 0 saturated carbocycles. The fraction of sp³-hybridized carbons (Fsp3) is 0.762. The number of piperidine rings is 1. The van der Waals surface area contributed by atoms with Crippen LogP contribution in [0, 0.1) is 0 Å². The number of nitrogens with zero attached hydrogens (tertiary/aromatic N) is 1. The van der Waals surface area contributed by atoms with E-state index in [-0.39, 0.29) is 24.1 Å². The van der Waals surface area contributed by atoms with Gasteiger partial charge in [-0.25, -0.2) is 0 Å². The largest absolute Gasteiger partial charge is 0.458 e. The fourth-order valence-electron chi connectivity index (χ4n) is 5.91. The lowest BCUT2D eigenvalue weighted by molar-refractivity contribution is -0.174. The van der Waals surface area contributed by atoms with Gasteiger partial charge in [0.1, 0.15) is 6.10 Å². The molecule has 1 aliphatic rings. The Hall–Kier alpha value is -2.14. The Morgan fingerprint density at radius 1 is 0.532 bits per heavy atom. The van der Waals surface area contributed by atoms with Gasteiger partial charge in [0, 0.05) is 32.4 Å². The molecular formula is C42H73NO4. The number of unbranched alkanes of at least 4 members (excludes halogenated alkanes) is 16. The smallest absolute Gasteiger partial charge is 0.306 e. The molecule has 0 N–H and O–H groups in total. The SMILES string of the molecule is CCCCC/C=C\C/C=C\CCCCCCCC(=O)O[C@@H]1CCN(C)C[C@H]1OC(=O)CCCCCCC/C=C\C/C=C\CCCCC. The van der Waals surface area contributed by atoms with Crippen molar-refractivity contribution in [2.75, 3.05) is 20.1 Å². The zero-order valence-corrected chi connectivity index (χ0v) is 30.9. The van der Waals surface area contributed by atoms with Crippen molar-refractivity contribution in [2.24, 2.45) is 0 Å². The van der Waals surface area contributed by atoms with Crippen molar-refractivity contribution in [1.29, 1.82) is 0 Å². The summed E-state index contributed by atoms with van der Waals surface area (Å²) >= 11 is 0. The van der Waals surface area contributed by atoms with Gasteiger partial charge in [-0.3, -0.25) is 9.59 Å². The highest BCUT2D eigenvalue weighted by atomic mass is 16.6. The summed E-state index contributed by atoms with van der Waals surface area (Å²) in [6.45, 7) is 5.96. The van der Waals surface area contributed by atoms with Crippen molar-refractivity contribution < 1.29 is 19.1 Å². The van der Waals surface area contributed by atoms with E-state index in [4.69, 9.17) is 9.47 Å². The maximum absolute atomic E-state index is 12.6. The molecule has 1 rings (SSSR count). The van der Waals surface area contributed by atoms with E-state index in [1.807, 2.05) is 7.05 Å². The molecule has 0 aromatic carbocycles. The lowest BCUT2D eigenvalue weighted by atomic mass is 10.0. The number of likely N-dealkylation sites (tertiary alicyclic amines) is 1. The molecule has 1 aliphatic heterocycles. The zero-order valence-electron chi connectivity index (χ0n) is 30.9. The number of carbonyl (C=O) groups is 2. The van der Waals surface area contributed by atoms with E-state index >= 15 is 0 Å². The highest BCUT2D eigenvalue weighted by Crippen LogP contribution is 2.19. The summed E-state index contributed by atoms with van der Waals surface area (Å²) in [6.07, 6.45) is 44.8. The topological polar surface area (TPSA) is 55.8 Å². The van der Waals surface area contributed by atoms with Gasteiger partial charge < -0.3 is 14.4 Å². The normalized spacial score (nSPS) is 17.5. The van der Waals surface area contributed by atoms with Gasteiger partial charge in [-0.05, 0) is 84.1 Å². The van der Waals surface area contributed by atoms with E-state index in [9.17, 15) is 9.59 Å². The molecule has 0 radical (unpaired) electrons. The molecule has 0 aliphatic carbocycles. The minimum absolute atomic E-state index is 0.153. The third-order valence-corrected chi connectivity index (χ3v) is 8.93. The van der Waals surface area contributed by atoms with E-state index in [1.54, 1.807) is 0 Å². The second kappa shape index (κ2) is 32.4. The molecule has 0 bridgehead atoms. The molecule has 0 spiro atoms. The number of rotatable bonds is 30. The van der Waals surface area contributed by atoms with Gasteiger partial charge in [0.05, 0.1) is 0 Å². The van der Waals surface area contributed by atoms with Crippen molar-refractivity contribution in [3.05, 3.63) is 48.6 Å².